The molecular formula is C30H22N2O2. The van der Waals surface area contributed by atoms with Gasteiger partial charge >= 0.3 is 0 Å². The molecule has 3 aromatic carbocycles. The van der Waals surface area contributed by atoms with Crippen LogP contribution in [0.2, 0.25) is 0 Å². The third kappa shape index (κ3) is 4.65. The van der Waals surface area contributed by atoms with E-state index < -0.39 is 0 Å². The van der Waals surface area contributed by atoms with Gasteiger partial charge in [0, 0.05) is 11.1 Å². The molecule has 0 fully saturated rings. The van der Waals surface area contributed by atoms with E-state index in [1.165, 1.54) is 0 Å². The summed E-state index contributed by atoms with van der Waals surface area (Å²) < 4.78 is 5.86. The van der Waals surface area contributed by atoms with Crippen molar-refractivity contribution in [1.29, 1.82) is 5.26 Å². The molecule has 0 aliphatic heterocycles. The molecule has 1 aliphatic rings. The molecule has 0 saturated carbocycles. The number of ether oxygens (including phenoxy) is 1. The maximum Gasteiger partial charge on any atom is 0.207 e. The second kappa shape index (κ2) is 9.56. The van der Waals surface area contributed by atoms with Crippen LogP contribution in [0.5, 0.6) is 5.75 Å². The number of aromatic nitrogens is 1. The number of nitriles is 1. The quantitative estimate of drug-likeness (QED) is 0.335. The van der Waals surface area contributed by atoms with Crippen LogP contribution >= 0.6 is 0 Å². The van der Waals surface area contributed by atoms with E-state index in [2.05, 4.69) is 11.1 Å². The highest BCUT2D eigenvalue weighted by Crippen LogP contribution is 2.29. The summed E-state index contributed by atoms with van der Waals surface area (Å²) in [6.07, 6.45) is 3.42. The third-order valence-electron chi connectivity index (χ3n) is 5.93. The number of nitrogens with zero attached hydrogens (tertiary/aromatic N) is 2. The molecule has 4 nitrogen and oxygen atoms in total. The van der Waals surface area contributed by atoms with Crippen LogP contribution in [-0.4, -0.2) is 10.8 Å². The van der Waals surface area contributed by atoms with E-state index in [1.54, 1.807) is 12.1 Å². The van der Waals surface area contributed by atoms with Crippen LogP contribution in [0.15, 0.2) is 96.6 Å². The van der Waals surface area contributed by atoms with Gasteiger partial charge in [-0.3, -0.25) is 4.79 Å². The molecule has 1 aliphatic carbocycles. The summed E-state index contributed by atoms with van der Waals surface area (Å²) in [6.45, 7) is 0.518. The Kier molecular flexibility index (Phi) is 6.01. The van der Waals surface area contributed by atoms with E-state index in [9.17, 15) is 4.79 Å². The number of aryl methyl sites for hydroxylation is 1. The minimum absolute atomic E-state index is 0.0267. The summed E-state index contributed by atoms with van der Waals surface area (Å²) in [6, 6.07) is 31.1. The minimum Gasteiger partial charge on any atom is -0.489 e. The maximum absolute atomic E-state index is 13.2. The first-order valence-corrected chi connectivity index (χ1v) is 11.2. The van der Waals surface area contributed by atoms with E-state index in [4.69, 9.17) is 10.00 Å². The van der Waals surface area contributed by atoms with Gasteiger partial charge in [0.1, 0.15) is 18.1 Å². The zero-order chi connectivity index (χ0) is 23.3. The van der Waals surface area contributed by atoms with Crippen molar-refractivity contribution in [3.05, 3.63) is 125 Å². The first-order chi connectivity index (χ1) is 16.7. The molecule has 0 unspecified atom stereocenters. The lowest BCUT2D eigenvalue weighted by atomic mass is 9.88. The lowest BCUT2D eigenvalue weighted by molar-refractivity contribution is 0.102. The SMILES string of the molecule is N#Cc1ccc(-c2ccc3c(n2)C(=O)/C(=C/c2ccc(OCc4ccccc4)cc2)CC3)cc1. The summed E-state index contributed by atoms with van der Waals surface area (Å²) >= 11 is 0. The lowest BCUT2D eigenvalue weighted by Gasteiger charge is -2.17. The van der Waals surface area contributed by atoms with Crippen molar-refractivity contribution in [2.75, 3.05) is 0 Å². The van der Waals surface area contributed by atoms with Gasteiger partial charge in [0.2, 0.25) is 5.78 Å². The van der Waals surface area contributed by atoms with E-state index >= 15 is 0 Å². The molecule has 164 valence electrons. The van der Waals surface area contributed by atoms with Crippen LogP contribution in [0.1, 0.15) is 39.2 Å². The Morgan fingerprint density at radius 1 is 0.882 bits per heavy atom. The molecule has 5 rings (SSSR count). The molecule has 0 radical (unpaired) electrons. The highest BCUT2D eigenvalue weighted by molar-refractivity contribution is 6.12. The molecule has 0 N–H and O–H groups in total. The van der Waals surface area contributed by atoms with Crippen molar-refractivity contribution in [2.45, 2.75) is 19.4 Å². The van der Waals surface area contributed by atoms with Gasteiger partial charge in [0.25, 0.3) is 0 Å². The first-order valence-electron chi connectivity index (χ1n) is 11.2. The highest BCUT2D eigenvalue weighted by Gasteiger charge is 2.24. The highest BCUT2D eigenvalue weighted by atomic mass is 16.5. The van der Waals surface area contributed by atoms with Gasteiger partial charge in [0.15, 0.2) is 0 Å². The van der Waals surface area contributed by atoms with Crippen LogP contribution in [-0.2, 0) is 13.0 Å². The molecule has 1 heterocycles. The number of Topliss-reactive ketones (excluding diaryl/α,β-unsaturated/α-hetero) is 1. The van der Waals surface area contributed by atoms with Gasteiger partial charge in [-0.15, -0.1) is 0 Å². The molecular weight excluding hydrogens is 420 g/mol. The molecule has 0 spiro atoms. The number of hydrogen-bond donors (Lipinski definition) is 0. The number of carbonyl (C=O) groups is 1. The average Bonchev–Trinajstić information content (AvgIpc) is 2.90. The van der Waals surface area contributed by atoms with Crippen molar-refractivity contribution in [2.24, 2.45) is 0 Å². The monoisotopic (exact) mass is 442 g/mol. The normalized spacial score (nSPS) is 13.9. The summed E-state index contributed by atoms with van der Waals surface area (Å²) in [7, 11) is 0. The standard InChI is InChI=1S/C30H22N2O2/c31-19-22-6-10-24(11-7-22)28-17-14-25-12-13-26(30(33)29(25)32-28)18-21-8-15-27(16-9-21)34-20-23-4-2-1-3-5-23/h1-11,14-18H,12-13,20H2/b26-18+. The number of allylic oxidation sites excluding steroid dienone is 1. The number of hydrogen-bond acceptors (Lipinski definition) is 4. The van der Waals surface area contributed by atoms with Crippen LogP contribution in [0.4, 0.5) is 0 Å². The van der Waals surface area contributed by atoms with E-state index in [0.717, 1.165) is 45.7 Å². The van der Waals surface area contributed by atoms with Crippen molar-refractivity contribution in [3.63, 3.8) is 0 Å². The second-order valence-corrected chi connectivity index (χ2v) is 8.24. The molecule has 1 aromatic heterocycles. The molecule has 0 bridgehead atoms. The smallest absolute Gasteiger partial charge is 0.207 e. The zero-order valence-electron chi connectivity index (χ0n) is 18.6. The van der Waals surface area contributed by atoms with Gasteiger partial charge in [-0.25, -0.2) is 4.98 Å². The van der Waals surface area contributed by atoms with E-state index in [-0.39, 0.29) is 5.78 Å². The van der Waals surface area contributed by atoms with E-state index in [1.807, 2.05) is 84.9 Å². The summed E-state index contributed by atoms with van der Waals surface area (Å²) in [5.74, 6) is 0.765. The van der Waals surface area contributed by atoms with Gasteiger partial charge in [0.05, 0.1) is 17.3 Å². The number of pyridine rings is 1. The lowest BCUT2D eigenvalue weighted by Crippen LogP contribution is -2.16. The summed E-state index contributed by atoms with van der Waals surface area (Å²) in [4.78, 5) is 17.9. The summed E-state index contributed by atoms with van der Waals surface area (Å²) in [5.41, 5.74) is 6.55. The zero-order valence-corrected chi connectivity index (χ0v) is 18.6. The largest absolute Gasteiger partial charge is 0.489 e. The number of fused-ring (bicyclic) bond motifs is 1. The predicted octanol–water partition coefficient (Wildman–Crippen LogP) is 6.41. The fourth-order valence-electron chi connectivity index (χ4n) is 4.04. The van der Waals surface area contributed by atoms with Crippen LogP contribution in [0, 0.1) is 11.3 Å². The average molecular weight is 443 g/mol. The fraction of sp³-hybridized carbons (Fsp3) is 0.100. The fourth-order valence-corrected chi connectivity index (χ4v) is 4.04. The number of ketones is 1. The molecule has 0 atom stereocenters. The van der Waals surface area contributed by atoms with Crippen molar-refractivity contribution >= 4 is 11.9 Å². The Morgan fingerprint density at radius 2 is 1.65 bits per heavy atom. The van der Waals surface area contributed by atoms with Gasteiger partial charge in [-0.2, -0.15) is 5.26 Å². The Hall–Kier alpha value is -4.49. The maximum atomic E-state index is 13.2. The molecule has 0 saturated heterocycles. The Labute approximate surface area is 198 Å². The Morgan fingerprint density at radius 3 is 2.38 bits per heavy atom. The van der Waals surface area contributed by atoms with Crippen LogP contribution < -0.4 is 4.74 Å². The van der Waals surface area contributed by atoms with Crippen molar-refractivity contribution < 1.29 is 9.53 Å². The Bertz CT molecular complexity index is 1400. The van der Waals surface area contributed by atoms with Gasteiger partial charge in [-0.1, -0.05) is 60.7 Å². The minimum atomic E-state index is -0.0267. The number of carbonyl (C=O) groups excluding carboxylic acids is 1. The first kappa shape index (κ1) is 21.4. The summed E-state index contributed by atoms with van der Waals surface area (Å²) in [5, 5.41) is 9.01. The van der Waals surface area contributed by atoms with Crippen LogP contribution in [0.25, 0.3) is 17.3 Å². The van der Waals surface area contributed by atoms with Gasteiger partial charge in [-0.05, 0) is 65.9 Å². The topological polar surface area (TPSA) is 63.0 Å². The molecule has 4 heteroatoms. The molecule has 34 heavy (non-hydrogen) atoms. The van der Waals surface area contributed by atoms with Crippen molar-refractivity contribution in [1.82, 2.24) is 4.98 Å². The number of rotatable bonds is 5. The van der Waals surface area contributed by atoms with Crippen molar-refractivity contribution in [3.8, 4) is 23.1 Å². The molecule has 0 amide bonds. The third-order valence-corrected chi connectivity index (χ3v) is 5.93. The predicted molar refractivity (Wildman–Crippen MR) is 132 cm³/mol. The Balaban J connectivity index is 1.32. The van der Waals surface area contributed by atoms with E-state index in [0.29, 0.717) is 24.3 Å². The second-order valence-electron chi connectivity index (χ2n) is 8.24. The number of benzene rings is 3. The molecule has 4 aromatic rings. The van der Waals surface area contributed by atoms with Gasteiger partial charge < -0.3 is 4.74 Å². The van der Waals surface area contributed by atoms with Crippen LogP contribution in [0.3, 0.4) is 0 Å².